The zero-order valence-corrected chi connectivity index (χ0v) is 42.2. The van der Waals surface area contributed by atoms with Crippen molar-refractivity contribution in [2.75, 3.05) is 58.1 Å². The number of ether oxygens (including phenoxy) is 4. The van der Waals surface area contributed by atoms with E-state index >= 15 is 0 Å². The van der Waals surface area contributed by atoms with Crippen LogP contribution in [0.4, 0.5) is 27.5 Å². The molecule has 0 aromatic heterocycles. The van der Waals surface area contributed by atoms with Crippen LogP contribution in [0.25, 0.3) is 0 Å². The molecule has 4 aromatic rings. The molecular formula is C51H55N7O14S. The van der Waals surface area contributed by atoms with E-state index in [2.05, 4.69) is 16.0 Å². The molecular weight excluding hydrogens is 967 g/mol. The lowest BCUT2D eigenvalue weighted by molar-refractivity contribution is -0.401. The van der Waals surface area contributed by atoms with Crippen LogP contribution in [0.3, 0.4) is 0 Å². The minimum atomic E-state index is -5.00. The maximum absolute atomic E-state index is 14.4. The van der Waals surface area contributed by atoms with E-state index in [0.717, 1.165) is 52.1 Å². The Morgan fingerprint density at radius 1 is 0.877 bits per heavy atom. The number of nitrogens with one attached hydrogen (secondary N) is 3. The molecule has 2 heterocycles. The molecule has 73 heavy (non-hydrogen) atoms. The third kappa shape index (κ3) is 11.1. The second kappa shape index (κ2) is 21.0. The zero-order valence-electron chi connectivity index (χ0n) is 41.3. The van der Waals surface area contributed by atoms with Crippen molar-refractivity contribution in [2.24, 2.45) is 0 Å². The number of fused-ring (bicyclic) bond motifs is 2. The third-order valence-electron chi connectivity index (χ3n) is 13.1. The minimum Gasteiger partial charge on any atom is -0.748 e. The van der Waals surface area contributed by atoms with Crippen molar-refractivity contribution in [2.45, 2.75) is 57.6 Å². The number of nitro benzene ring substituents is 2. The van der Waals surface area contributed by atoms with Crippen LogP contribution in [0.2, 0.25) is 0 Å². The summed E-state index contributed by atoms with van der Waals surface area (Å²) in [5.41, 5.74) is 4.42. The number of para-hydroxylation sites is 2. The first-order chi connectivity index (χ1) is 34.4. The smallest absolute Gasteiger partial charge is 0.514 e. The van der Waals surface area contributed by atoms with Gasteiger partial charge in [0, 0.05) is 78.9 Å². The Bertz CT molecular complexity index is 3140. The van der Waals surface area contributed by atoms with Crippen LogP contribution >= 0.6 is 0 Å². The van der Waals surface area contributed by atoms with Crippen molar-refractivity contribution < 1.29 is 60.7 Å². The molecule has 7 rings (SSSR count). The van der Waals surface area contributed by atoms with Gasteiger partial charge in [-0.3, -0.25) is 29.8 Å². The Hall–Kier alpha value is -7.95. The predicted octanol–water partition coefficient (Wildman–Crippen LogP) is 6.16. The third-order valence-corrected chi connectivity index (χ3v) is 13.8. The Morgan fingerprint density at radius 3 is 2.18 bits per heavy atom. The summed E-state index contributed by atoms with van der Waals surface area (Å²) in [6.07, 6.45) is 1.07. The quantitative estimate of drug-likeness (QED) is 0.0131. The number of anilines is 1. The molecule has 1 amide bonds. The lowest BCUT2D eigenvalue weighted by atomic mass is 9.77. The summed E-state index contributed by atoms with van der Waals surface area (Å²) in [7, 11) is 0.104. The van der Waals surface area contributed by atoms with Crippen molar-refractivity contribution in [3.63, 3.8) is 0 Å². The summed E-state index contributed by atoms with van der Waals surface area (Å²) < 4.78 is 60.6. The molecule has 4 aromatic carbocycles. The van der Waals surface area contributed by atoms with Gasteiger partial charge >= 0.3 is 6.16 Å². The topological polar surface area (TPSA) is 274 Å². The van der Waals surface area contributed by atoms with Crippen molar-refractivity contribution in [3.8, 4) is 17.2 Å². The molecule has 2 atom stereocenters. The fourth-order valence-corrected chi connectivity index (χ4v) is 9.92. The fraction of sp³-hybridized carbons (Fsp3) is 0.333. The standard InChI is InChI=1S/C51H55N7O14S/c1-30(71-49(61)72-32-19-17-31(18-20-32)57(62)63)33-25-42(69-8)43(28-41(33)58(64)65)70-24-23-52-21-22-53-48(60)38(29-73(66,67)68)54-46-34(26-44-50(2,3)36-13-9-11-15-39(36)55(44)6)47(59)35(46)27-45-51(4,5)37-14-10-12-16-40(37)56(45)7/h9-20,25-28,30,38,52H,21-24,29H2,1-8H3,(H2-,53,54,59,60,66,67,68). The van der Waals surface area contributed by atoms with Crippen LogP contribution in [0.15, 0.2) is 120 Å². The number of likely N-dealkylation sites (N-methyl/N-ethyl adjacent to an activating group) is 1. The van der Waals surface area contributed by atoms with Crippen LogP contribution in [0, 0.1) is 20.2 Å². The summed E-state index contributed by atoms with van der Waals surface area (Å²) in [5, 5.41) is 31.8. The van der Waals surface area contributed by atoms with Gasteiger partial charge in [-0.25, -0.2) is 13.2 Å². The van der Waals surface area contributed by atoms with Gasteiger partial charge in [0.1, 0.15) is 31.5 Å². The number of Topliss-reactive ketones (excluding diaryl/α,β-unsaturated/α-hetero) is 1. The molecule has 3 N–H and O–H groups in total. The molecule has 0 bridgehead atoms. The molecule has 21 nitrogen and oxygen atoms in total. The van der Waals surface area contributed by atoms with Crippen LogP contribution < -0.4 is 35.1 Å². The number of benzene rings is 4. The number of ketones is 1. The molecule has 1 aliphatic carbocycles. The van der Waals surface area contributed by atoms with E-state index in [4.69, 9.17) is 18.9 Å². The highest BCUT2D eigenvalue weighted by molar-refractivity contribution is 7.85. The molecule has 0 fully saturated rings. The van der Waals surface area contributed by atoms with Gasteiger partial charge in [-0.15, -0.1) is 0 Å². The van der Waals surface area contributed by atoms with Crippen LogP contribution in [-0.2, 0) is 35.3 Å². The fourth-order valence-electron chi connectivity index (χ4n) is 9.28. The van der Waals surface area contributed by atoms with Gasteiger partial charge in [-0.05, 0) is 56.7 Å². The number of carbonyl (C=O) groups is 3. The SMILES string of the molecule is COc1cc(C(C)OC(=O)Oc2ccc([N+](=O)[O-])cc2)c([N+](=O)[O-])cc1OCCNCCNC(=O)C(CS(=O)(=O)[O-])NC1=C(/C=C2/N(C)c3ccccc3C2(C)C)C(=O)/C1=C\C1=[N+](C)c2ccccc2C1(C)C. The zero-order chi connectivity index (χ0) is 53.2. The summed E-state index contributed by atoms with van der Waals surface area (Å²) in [6, 6.07) is 21.2. The van der Waals surface area contributed by atoms with Crippen molar-refractivity contribution in [1.29, 1.82) is 0 Å². The molecule has 0 saturated heterocycles. The number of amides is 1. The maximum Gasteiger partial charge on any atom is 0.514 e. The Kier molecular flexibility index (Phi) is 15.2. The molecule has 3 aliphatic rings. The van der Waals surface area contributed by atoms with Gasteiger partial charge in [0.2, 0.25) is 11.6 Å². The Balaban J connectivity index is 1.02. The van der Waals surface area contributed by atoms with Crippen LogP contribution in [-0.4, -0.2) is 110 Å². The highest BCUT2D eigenvalue weighted by atomic mass is 32.2. The Labute approximate surface area is 421 Å². The van der Waals surface area contributed by atoms with Crippen molar-refractivity contribution in [3.05, 3.63) is 157 Å². The first-order valence-corrected chi connectivity index (χ1v) is 24.6. The van der Waals surface area contributed by atoms with Gasteiger partial charge < -0.3 is 44.4 Å². The van der Waals surface area contributed by atoms with Crippen molar-refractivity contribution in [1.82, 2.24) is 16.0 Å². The average Bonchev–Trinajstić information content (AvgIpc) is 3.66. The number of rotatable bonds is 20. The van der Waals surface area contributed by atoms with Gasteiger partial charge in [-0.1, -0.05) is 50.2 Å². The first kappa shape index (κ1) is 52.9. The lowest BCUT2D eigenvalue weighted by Gasteiger charge is -2.32. The number of hydrogen-bond donors (Lipinski definition) is 3. The summed E-state index contributed by atoms with van der Waals surface area (Å²) in [6.45, 7) is 9.74. The normalized spacial score (nSPS) is 17.4. The first-order valence-electron chi connectivity index (χ1n) is 23.0. The van der Waals surface area contributed by atoms with E-state index in [1.165, 1.54) is 32.2 Å². The number of non-ortho nitro benzene ring substituents is 1. The number of allylic oxidation sites excluding steroid dienone is 5. The van der Waals surface area contributed by atoms with Crippen molar-refractivity contribution >= 4 is 56.4 Å². The number of hydrogen-bond acceptors (Lipinski definition) is 17. The van der Waals surface area contributed by atoms with Gasteiger partial charge in [0.15, 0.2) is 23.0 Å². The molecule has 22 heteroatoms. The highest BCUT2D eigenvalue weighted by Crippen LogP contribution is 2.48. The molecule has 0 saturated carbocycles. The number of carbonyl (C=O) groups excluding carboxylic acids is 3. The minimum absolute atomic E-state index is 0.00702. The number of nitro groups is 2. The monoisotopic (exact) mass is 1020 g/mol. The van der Waals surface area contributed by atoms with Crippen LogP contribution in [0.1, 0.15) is 57.4 Å². The van der Waals surface area contributed by atoms with E-state index in [0.29, 0.717) is 0 Å². The predicted molar refractivity (Wildman–Crippen MR) is 268 cm³/mol. The molecule has 2 aliphatic heterocycles. The van der Waals surface area contributed by atoms with Gasteiger partial charge in [-0.2, -0.15) is 4.58 Å². The van der Waals surface area contributed by atoms with Crippen LogP contribution in [0.5, 0.6) is 17.2 Å². The van der Waals surface area contributed by atoms with E-state index in [9.17, 15) is 47.6 Å². The molecule has 2 unspecified atom stereocenters. The van der Waals surface area contributed by atoms with E-state index in [-0.39, 0.29) is 77.4 Å². The summed E-state index contributed by atoms with van der Waals surface area (Å²) >= 11 is 0. The summed E-state index contributed by atoms with van der Waals surface area (Å²) in [4.78, 5) is 64.4. The molecule has 384 valence electrons. The second-order valence-corrected chi connectivity index (χ2v) is 19.9. The van der Waals surface area contributed by atoms with E-state index in [1.807, 2.05) is 99.8 Å². The lowest BCUT2D eigenvalue weighted by Crippen LogP contribution is -2.51. The van der Waals surface area contributed by atoms with Gasteiger partial charge in [0.25, 0.3) is 11.4 Å². The van der Waals surface area contributed by atoms with Gasteiger partial charge in [0.05, 0.1) is 61.1 Å². The second-order valence-electron chi connectivity index (χ2n) is 18.5. The number of nitrogens with zero attached hydrogens (tertiary/aromatic N) is 4. The molecule has 0 spiro atoms. The maximum atomic E-state index is 14.4. The summed E-state index contributed by atoms with van der Waals surface area (Å²) in [5.74, 6) is -2.25. The molecule has 0 radical (unpaired) electrons. The Morgan fingerprint density at radius 2 is 1.55 bits per heavy atom. The van der Waals surface area contributed by atoms with E-state index in [1.54, 1.807) is 12.2 Å². The van der Waals surface area contributed by atoms with E-state index < -0.39 is 66.4 Å². The largest absolute Gasteiger partial charge is 0.748 e. The highest BCUT2D eigenvalue weighted by Gasteiger charge is 2.46. The average molecular weight is 1020 g/mol. The number of methoxy groups -OCH3 is 1.